The topological polar surface area (TPSA) is 85.0 Å². The van der Waals surface area contributed by atoms with E-state index in [2.05, 4.69) is 20.2 Å². The number of likely N-dealkylation sites (tertiary alicyclic amines) is 1. The zero-order valence-electron chi connectivity index (χ0n) is 14.5. The van der Waals surface area contributed by atoms with Crippen molar-refractivity contribution in [1.82, 2.24) is 25.1 Å². The second-order valence-corrected chi connectivity index (χ2v) is 7.07. The number of hydrogen-bond acceptors (Lipinski definition) is 6. The molecule has 2 aromatic heterocycles. The van der Waals surface area contributed by atoms with Crippen molar-refractivity contribution in [3.63, 3.8) is 0 Å². The van der Waals surface area contributed by atoms with Crippen molar-refractivity contribution in [2.24, 2.45) is 5.92 Å². The second kappa shape index (κ2) is 6.90. The number of aromatic nitrogens is 4. The highest BCUT2D eigenvalue weighted by molar-refractivity contribution is 5.79. The summed E-state index contributed by atoms with van der Waals surface area (Å²) < 4.78 is 5.82. The second-order valence-electron chi connectivity index (χ2n) is 7.07. The molecule has 0 unspecified atom stereocenters. The van der Waals surface area contributed by atoms with Crippen molar-refractivity contribution in [1.29, 1.82) is 0 Å². The van der Waals surface area contributed by atoms with Gasteiger partial charge in [-0.05, 0) is 32.6 Å². The molecule has 3 heterocycles. The normalized spacial score (nSPS) is 19.5. The van der Waals surface area contributed by atoms with Crippen molar-refractivity contribution in [3.05, 3.63) is 24.0 Å². The molecular weight excluding hydrogens is 318 g/mol. The molecule has 1 saturated heterocycles. The number of piperidine rings is 1. The SMILES string of the molecule is Cc1cnc(-c2nnc(C3CCN(C(=O)C4CCCC4)CC3)o2)cn1. The van der Waals surface area contributed by atoms with Gasteiger partial charge < -0.3 is 9.32 Å². The van der Waals surface area contributed by atoms with Crippen LogP contribution in [0, 0.1) is 12.8 Å². The Morgan fingerprint density at radius 3 is 2.52 bits per heavy atom. The van der Waals surface area contributed by atoms with Crippen LogP contribution in [0.2, 0.25) is 0 Å². The standard InChI is InChI=1S/C18H23N5O2/c1-12-10-20-15(11-19-12)17-22-21-16(25-17)13-6-8-23(9-7-13)18(24)14-4-2-3-5-14/h10-11,13-14H,2-9H2,1H3. The highest BCUT2D eigenvalue weighted by atomic mass is 16.4. The van der Waals surface area contributed by atoms with E-state index >= 15 is 0 Å². The van der Waals surface area contributed by atoms with E-state index in [-0.39, 0.29) is 11.8 Å². The lowest BCUT2D eigenvalue weighted by molar-refractivity contribution is -0.136. The Bertz CT molecular complexity index is 728. The van der Waals surface area contributed by atoms with E-state index in [1.54, 1.807) is 12.4 Å². The molecule has 4 rings (SSSR count). The van der Waals surface area contributed by atoms with E-state index in [9.17, 15) is 4.79 Å². The zero-order chi connectivity index (χ0) is 17.2. The third kappa shape index (κ3) is 3.41. The number of carbonyl (C=O) groups is 1. The molecule has 0 aromatic carbocycles. The average molecular weight is 341 g/mol. The number of hydrogen-bond donors (Lipinski definition) is 0. The third-order valence-electron chi connectivity index (χ3n) is 5.30. The summed E-state index contributed by atoms with van der Waals surface area (Å²) in [6.07, 6.45) is 9.59. The predicted molar refractivity (Wildman–Crippen MR) is 90.6 cm³/mol. The smallest absolute Gasteiger partial charge is 0.267 e. The van der Waals surface area contributed by atoms with E-state index in [4.69, 9.17) is 4.42 Å². The van der Waals surface area contributed by atoms with Crippen molar-refractivity contribution in [2.45, 2.75) is 51.4 Å². The third-order valence-corrected chi connectivity index (χ3v) is 5.30. The molecule has 132 valence electrons. The summed E-state index contributed by atoms with van der Waals surface area (Å²) in [5.41, 5.74) is 1.45. The van der Waals surface area contributed by atoms with Gasteiger partial charge in [0.1, 0.15) is 5.69 Å². The van der Waals surface area contributed by atoms with Gasteiger partial charge in [-0.1, -0.05) is 12.8 Å². The van der Waals surface area contributed by atoms with Crippen LogP contribution in [0.15, 0.2) is 16.8 Å². The molecule has 7 nitrogen and oxygen atoms in total. The fourth-order valence-corrected chi connectivity index (χ4v) is 3.78. The molecule has 1 saturated carbocycles. The largest absolute Gasteiger partial charge is 0.419 e. The first-order chi connectivity index (χ1) is 12.2. The van der Waals surface area contributed by atoms with Crippen LogP contribution in [0.4, 0.5) is 0 Å². The van der Waals surface area contributed by atoms with Crippen molar-refractivity contribution < 1.29 is 9.21 Å². The van der Waals surface area contributed by atoms with Crippen LogP contribution in [0.3, 0.4) is 0 Å². The maximum atomic E-state index is 12.5. The fourth-order valence-electron chi connectivity index (χ4n) is 3.78. The van der Waals surface area contributed by atoms with Gasteiger partial charge in [0, 0.05) is 31.1 Å². The number of carbonyl (C=O) groups excluding carboxylic acids is 1. The molecule has 0 atom stereocenters. The Balaban J connectivity index is 1.38. The van der Waals surface area contributed by atoms with E-state index in [1.807, 2.05) is 11.8 Å². The van der Waals surface area contributed by atoms with Gasteiger partial charge in [0.15, 0.2) is 0 Å². The Morgan fingerprint density at radius 1 is 1.08 bits per heavy atom. The van der Waals surface area contributed by atoms with Crippen LogP contribution in [-0.2, 0) is 4.79 Å². The van der Waals surface area contributed by atoms with Crippen LogP contribution in [-0.4, -0.2) is 44.1 Å². The van der Waals surface area contributed by atoms with Crippen molar-refractivity contribution in [3.8, 4) is 11.6 Å². The first kappa shape index (κ1) is 16.2. The van der Waals surface area contributed by atoms with Crippen LogP contribution < -0.4 is 0 Å². The van der Waals surface area contributed by atoms with Crippen LogP contribution in [0.1, 0.15) is 56.0 Å². The quantitative estimate of drug-likeness (QED) is 0.853. The molecule has 0 radical (unpaired) electrons. The monoisotopic (exact) mass is 341 g/mol. The van der Waals surface area contributed by atoms with Crippen LogP contribution in [0.25, 0.3) is 11.6 Å². The van der Waals surface area contributed by atoms with Gasteiger partial charge in [0.25, 0.3) is 5.89 Å². The van der Waals surface area contributed by atoms with Crippen molar-refractivity contribution >= 4 is 5.91 Å². The Kier molecular flexibility index (Phi) is 4.46. The Morgan fingerprint density at radius 2 is 1.84 bits per heavy atom. The van der Waals surface area contributed by atoms with E-state index in [0.29, 0.717) is 23.4 Å². The molecule has 1 amide bonds. The lowest BCUT2D eigenvalue weighted by Crippen LogP contribution is -2.40. The number of amides is 1. The minimum absolute atomic E-state index is 0.215. The molecule has 1 aliphatic heterocycles. The van der Waals surface area contributed by atoms with Crippen molar-refractivity contribution in [2.75, 3.05) is 13.1 Å². The highest BCUT2D eigenvalue weighted by Crippen LogP contribution is 2.32. The molecule has 0 spiro atoms. The van der Waals surface area contributed by atoms with Gasteiger partial charge in [0.2, 0.25) is 11.8 Å². The number of rotatable bonds is 3. The molecule has 2 aliphatic rings. The number of nitrogens with zero attached hydrogens (tertiary/aromatic N) is 5. The molecule has 7 heteroatoms. The van der Waals surface area contributed by atoms with Gasteiger partial charge in [-0.25, -0.2) is 4.98 Å². The first-order valence-electron chi connectivity index (χ1n) is 9.12. The summed E-state index contributed by atoms with van der Waals surface area (Å²) in [5.74, 6) is 1.87. The molecule has 0 N–H and O–H groups in total. The molecule has 25 heavy (non-hydrogen) atoms. The summed E-state index contributed by atoms with van der Waals surface area (Å²) in [6.45, 7) is 3.45. The molecule has 2 fully saturated rings. The van der Waals surface area contributed by atoms with E-state index in [1.165, 1.54) is 12.8 Å². The minimum Gasteiger partial charge on any atom is -0.419 e. The van der Waals surface area contributed by atoms with Gasteiger partial charge in [-0.15, -0.1) is 10.2 Å². The first-order valence-corrected chi connectivity index (χ1v) is 9.12. The van der Waals surface area contributed by atoms with Gasteiger partial charge in [-0.3, -0.25) is 9.78 Å². The number of aryl methyl sites for hydroxylation is 1. The predicted octanol–water partition coefficient (Wildman–Crippen LogP) is 2.73. The molecular formula is C18H23N5O2. The lowest BCUT2D eigenvalue weighted by Gasteiger charge is -2.32. The lowest BCUT2D eigenvalue weighted by atomic mass is 9.95. The molecule has 2 aromatic rings. The Labute approximate surface area is 146 Å². The average Bonchev–Trinajstić information content (AvgIpc) is 3.34. The van der Waals surface area contributed by atoms with E-state index < -0.39 is 0 Å². The summed E-state index contributed by atoms with van der Waals surface area (Å²) in [6, 6.07) is 0. The summed E-state index contributed by atoms with van der Waals surface area (Å²) in [5, 5.41) is 8.31. The summed E-state index contributed by atoms with van der Waals surface area (Å²) >= 11 is 0. The van der Waals surface area contributed by atoms with E-state index in [0.717, 1.165) is 44.5 Å². The fraction of sp³-hybridized carbons (Fsp3) is 0.611. The molecule has 0 bridgehead atoms. The maximum absolute atomic E-state index is 12.5. The van der Waals surface area contributed by atoms with Crippen LogP contribution in [0.5, 0.6) is 0 Å². The van der Waals surface area contributed by atoms with Crippen LogP contribution >= 0.6 is 0 Å². The minimum atomic E-state index is 0.215. The zero-order valence-corrected chi connectivity index (χ0v) is 14.5. The Hall–Kier alpha value is -2.31. The summed E-state index contributed by atoms with van der Waals surface area (Å²) in [4.78, 5) is 23.0. The molecule has 1 aliphatic carbocycles. The van der Waals surface area contributed by atoms with Gasteiger partial charge in [-0.2, -0.15) is 0 Å². The summed E-state index contributed by atoms with van der Waals surface area (Å²) in [7, 11) is 0. The highest BCUT2D eigenvalue weighted by Gasteiger charge is 2.32. The maximum Gasteiger partial charge on any atom is 0.267 e. The van der Waals surface area contributed by atoms with Gasteiger partial charge in [0.05, 0.1) is 11.9 Å². The van der Waals surface area contributed by atoms with Gasteiger partial charge >= 0.3 is 0 Å².